The van der Waals surface area contributed by atoms with E-state index in [1.54, 1.807) is 14.2 Å². The molecule has 0 aliphatic carbocycles. The minimum atomic E-state index is -0.668. The molecule has 3 aromatic rings. The van der Waals surface area contributed by atoms with E-state index in [-0.39, 0.29) is 11.9 Å². The molecule has 1 aliphatic rings. The Balaban J connectivity index is 1.51. The summed E-state index contributed by atoms with van der Waals surface area (Å²) in [4.78, 5) is 13.1. The number of esters is 1. The second-order valence-corrected chi connectivity index (χ2v) is 10.4. The molecule has 0 spiro atoms. The van der Waals surface area contributed by atoms with Crippen LogP contribution in [0.1, 0.15) is 43.4 Å². The largest absolute Gasteiger partial charge is 0.493 e. The van der Waals surface area contributed by atoms with Crippen LogP contribution in [-0.4, -0.2) is 40.0 Å². The third-order valence-corrected chi connectivity index (χ3v) is 7.54. The molecule has 0 N–H and O–H groups in total. The number of hydrogen-bond donors (Lipinski definition) is 0. The van der Waals surface area contributed by atoms with Gasteiger partial charge in [-0.25, -0.2) is 0 Å². The van der Waals surface area contributed by atoms with E-state index < -0.39 is 5.41 Å². The fraction of sp³-hybridized carbons (Fsp3) is 0.424. The van der Waals surface area contributed by atoms with E-state index in [0.29, 0.717) is 49.9 Å². The Morgan fingerprint density at radius 1 is 0.821 bits per heavy atom. The van der Waals surface area contributed by atoms with Crippen molar-refractivity contribution in [2.24, 2.45) is 11.3 Å². The zero-order valence-electron chi connectivity index (χ0n) is 23.5. The van der Waals surface area contributed by atoms with Crippen molar-refractivity contribution in [3.8, 4) is 23.0 Å². The first-order valence-electron chi connectivity index (χ1n) is 13.8. The van der Waals surface area contributed by atoms with E-state index in [4.69, 9.17) is 23.7 Å². The number of ether oxygens (including phenoxy) is 5. The highest BCUT2D eigenvalue weighted by Gasteiger charge is 2.48. The minimum absolute atomic E-state index is 0.0195. The highest BCUT2D eigenvalue weighted by molar-refractivity contribution is 5.79. The number of cyclic esters (lactones) is 1. The van der Waals surface area contributed by atoms with Crippen molar-refractivity contribution in [2.45, 2.75) is 46.0 Å². The van der Waals surface area contributed by atoms with Gasteiger partial charge in [0.2, 0.25) is 0 Å². The van der Waals surface area contributed by atoms with Crippen molar-refractivity contribution >= 4 is 5.97 Å². The number of benzene rings is 3. The summed E-state index contributed by atoms with van der Waals surface area (Å²) in [7, 11) is 3.25. The Labute approximate surface area is 232 Å². The normalized spacial score (nSPS) is 18.5. The molecule has 3 aromatic carbocycles. The third kappa shape index (κ3) is 7.05. The number of hydrogen-bond acceptors (Lipinski definition) is 6. The number of carbonyl (C=O) groups excluding carboxylic acids is 1. The van der Waals surface area contributed by atoms with Gasteiger partial charge in [0.15, 0.2) is 23.0 Å². The SMILES string of the molecule is CCCCOc1ccc(C[C@@]2(C)C(=O)OC[C@@H]2Cc2ccc(OC)c(OC)c2)cc1OCCc1ccccc1. The molecule has 6 nitrogen and oxygen atoms in total. The van der Waals surface area contributed by atoms with Crippen molar-refractivity contribution in [3.05, 3.63) is 83.4 Å². The summed E-state index contributed by atoms with van der Waals surface area (Å²) in [6, 6.07) is 22.2. The Morgan fingerprint density at radius 3 is 2.26 bits per heavy atom. The first-order chi connectivity index (χ1) is 19.0. The number of methoxy groups -OCH3 is 2. The molecule has 1 saturated heterocycles. The average molecular weight is 533 g/mol. The van der Waals surface area contributed by atoms with Crippen LogP contribution >= 0.6 is 0 Å². The zero-order valence-corrected chi connectivity index (χ0v) is 23.5. The van der Waals surface area contributed by atoms with E-state index in [0.717, 1.165) is 36.1 Å². The molecule has 1 heterocycles. The molecule has 0 aromatic heterocycles. The lowest BCUT2D eigenvalue weighted by molar-refractivity contribution is -0.145. The van der Waals surface area contributed by atoms with Crippen LogP contribution in [0.2, 0.25) is 0 Å². The highest BCUT2D eigenvalue weighted by atomic mass is 16.5. The van der Waals surface area contributed by atoms with Gasteiger partial charge < -0.3 is 23.7 Å². The maximum absolute atomic E-state index is 13.1. The molecule has 6 heteroatoms. The van der Waals surface area contributed by atoms with Gasteiger partial charge in [0.25, 0.3) is 0 Å². The molecule has 2 atom stereocenters. The first kappa shape index (κ1) is 28.3. The summed E-state index contributed by atoms with van der Waals surface area (Å²) in [5.74, 6) is 2.67. The van der Waals surface area contributed by atoms with E-state index in [1.165, 1.54) is 5.56 Å². The number of carbonyl (C=O) groups is 1. The predicted octanol–water partition coefficient (Wildman–Crippen LogP) is 6.47. The first-order valence-corrected chi connectivity index (χ1v) is 13.8. The molecule has 4 rings (SSSR count). The van der Waals surface area contributed by atoms with Gasteiger partial charge in [-0.1, -0.05) is 55.8 Å². The summed E-state index contributed by atoms with van der Waals surface area (Å²) in [6.07, 6.45) is 4.09. The quantitative estimate of drug-likeness (QED) is 0.175. The van der Waals surface area contributed by atoms with Gasteiger partial charge in [-0.2, -0.15) is 0 Å². The number of unbranched alkanes of at least 4 members (excludes halogenated alkanes) is 1. The van der Waals surface area contributed by atoms with Crippen LogP contribution in [0.4, 0.5) is 0 Å². The van der Waals surface area contributed by atoms with Gasteiger partial charge in [0.1, 0.15) is 0 Å². The second kappa shape index (κ2) is 13.4. The Bertz CT molecular complexity index is 1220. The van der Waals surface area contributed by atoms with Crippen molar-refractivity contribution in [3.63, 3.8) is 0 Å². The summed E-state index contributed by atoms with van der Waals surface area (Å²) >= 11 is 0. The lowest BCUT2D eigenvalue weighted by Gasteiger charge is -2.27. The van der Waals surface area contributed by atoms with Crippen molar-refractivity contribution in [2.75, 3.05) is 34.0 Å². The molecule has 0 radical (unpaired) electrons. The molecule has 208 valence electrons. The van der Waals surface area contributed by atoms with Crippen LogP contribution in [0.25, 0.3) is 0 Å². The standard InChI is InChI=1S/C33H40O6/c1-5-6-17-37-29-15-13-26(21-31(29)38-18-16-24-10-8-7-9-11-24)22-33(2)27(23-39-32(33)34)19-25-12-14-28(35-3)30(20-25)36-4/h7-15,20-21,27H,5-6,16-19,22-23H2,1-4H3/t27-,33+/m0/s1. The molecule has 39 heavy (non-hydrogen) atoms. The van der Waals surface area contributed by atoms with Crippen LogP contribution in [-0.2, 0) is 28.8 Å². The van der Waals surface area contributed by atoms with Crippen molar-refractivity contribution < 1.29 is 28.5 Å². The third-order valence-electron chi connectivity index (χ3n) is 7.54. The van der Waals surface area contributed by atoms with Gasteiger partial charge >= 0.3 is 5.97 Å². The molecule has 0 bridgehead atoms. The summed E-state index contributed by atoms with van der Waals surface area (Å²) in [6.45, 7) is 5.72. The van der Waals surface area contributed by atoms with Crippen molar-refractivity contribution in [1.82, 2.24) is 0 Å². The van der Waals surface area contributed by atoms with Crippen LogP contribution < -0.4 is 18.9 Å². The predicted molar refractivity (Wildman–Crippen MR) is 152 cm³/mol. The lowest BCUT2D eigenvalue weighted by atomic mass is 9.72. The fourth-order valence-electron chi connectivity index (χ4n) is 5.05. The molecular formula is C33H40O6. The molecule has 0 amide bonds. The Kier molecular flexibility index (Phi) is 9.74. The van der Waals surface area contributed by atoms with Crippen LogP contribution in [0.15, 0.2) is 66.7 Å². The molecule has 1 fully saturated rings. The summed E-state index contributed by atoms with van der Waals surface area (Å²) in [5.41, 5.74) is 2.65. The van der Waals surface area contributed by atoms with Gasteiger partial charge in [-0.05, 0) is 67.1 Å². The van der Waals surface area contributed by atoms with Crippen molar-refractivity contribution in [1.29, 1.82) is 0 Å². The maximum atomic E-state index is 13.1. The molecule has 1 aliphatic heterocycles. The monoisotopic (exact) mass is 532 g/mol. The second-order valence-electron chi connectivity index (χ2n) is 10.4. The smallest absolute Gasteiger partial charge is 0.312 e. The number of rotatable bonds is 14. The van der Waals surface area contributed by atoms with E-state index in [9.17, 15) is 4.79 Å². The van der Waals surface area contributed by atoms with Crippen LogP contribution in [0.5, 0.6) is 23.0 Å². The molecule has 0 saturated carbocycles. The molecule has 0 unspecified atom stereocenters. The average Bonchev–Trinajstić information content (AvgIpc) is 3.22. The van der Waals surface area contributed by atoms with Crippen LogP contribution in [0, 0.1) is 11.3 Å². The van der Waals surface area contributed by atoms with E-state index in [2.05, 4.69) is 19.1 Å². The minimum Gasteiger partial charge on any atom is -0.493 e. The van der Waals surface area contributed by atoms with Gasteiger partial charge in [0, 0.05) is 12.3 Å². The van der Waals surface area contributed by atoms with E-state index >= 15 is 0 Å². The van der Waals surface area contributed by atoms with E-state index in [1.807, 2.05) is 61.5 Å². The van der Waals surface area contributed by atoms with Gasteiger partial charge in [-0.15, -0.1) is 0 Å². The summed E-state index contributed by atoms with van der Waals surface area (Å²) in [5, 5.41) is 0. The van der Waals surface area contributed by atoms with Gasteiger partial charge in [0.05, 0.1) is 39.5 Å². The Morgan fingerprint density at radius 2 is 1.51 bits per heavy atom. The fourth-order valence-corrected chi connectivity index (χ4v) is 5.05. The zero-order chi connectivity index (χ0) is 27.7. The highest BCUT2D eigenvalue weighted by Crippen LogP contribution is 2.42. The van der Waals surface area contributed by atoms with Crippen LogP contribution in [0.3, 0.4) is 0 Å². The molecular weight excluding hydrogens is 492 g/mol. The maximum Gasteiger partial charge on any atom is 0.312 e. The topological polar surface area (TPSA) is 63.2 Å². The Hall–Kier alpha value is -3.67. The van der Waals surface area contributed by atoms with Gasteiger partial charge in [-0.3, -0.25) is 4.79 Å². The lowest BCUT2D eigenvalue weighted by Crippen LogP contribution is -2.33. The summed E-state index contributed by atoms with van der Waals surface area (Å²) < 4.78 is 28.8.